The van der Waals surface area contributed by atoms with Crippen LogP contribution in [0.1, 0.15) is 19.3 Å². The minimum absolute atomic E-state index is 0.695. The first-order valence-corrected chi connectivity index (χ1v) is 9.92. The highest BCUT2D eigenvalue weighted by atomic mass is 15.2. The number of H-pyrrole nitrogens is 3. The summed E-state index contributed by atoms with van der Waals surface area (Å²) < 4.78 is 0. The Kier molecular flexibility index (Phi) is 3.62. The molecule has 0 amide bonds. The Labute approximate surface area is 166 Å². The lowest BCUT2D eigenvalue weighted by Crippen LogP contribution is -2.29. The van der Waals surface area contributed by atoms with E-state index in [4.69, 9.17) is 0 Å². The predicted molar refractivity (Wildman–Crippen MR) is 113 cm³/mol. The molecule has 1 aliphatic rings. The minimum Gasteiger partial charge on any atom is -0.370 e. The van der Waals surface area contributed by atoms with Gasteiger partial charge in [0.25, 0.3) is 0 Å². The summed E-state index contributed by atoms with van der Waals surface area (Å²) in [6, 6.07) is 4.29. The van der Waals surface area contributed by atoms with Crippen molar-refractivity contribution in [3.8, 4) is 22.5 Å². The van der Waals surface area contributed by atoms with Crippen molar-refractivity contribution >= 4 is 27.6 Å². The van der Waals surface area contributed by atoms with Gasteiger partial charge in [-0.05, 0) is 31.4 Å². The van der Waals surface area contributed by atoms with Crippen LogP contribution < -0.4 is 4.90 Å². The molecule has 29 heavy (non-hydrogen) atoms. The Morgan fingerprint density at radius 2 is 1.83 bits per heavy atom. The quantitative estimate of drug-likeness (QED) is 0.438. The number of hydrogen-bond donors (Lipinski definition) is 3. The smallest absolute Gasteiger partial charge is 0.181 e. The molecule has 6 rings (SSSR count). The van der Waals surface area contributed by atoms with E-state index in [0.717, 1.165) is 46.5 Å². The van der Waals surface area contributed by atoms with Crippen LogP contribution in [0.3, 0.4) is 0 Å². The molecule has 3 N–H and O–H groups in total. The number of fused-ring (bicyclic) bond motifs is 2. The van der Waals surface area contributed by atoms with E-state index in [2.05, 4.69) is 52.4 Å². The molecule has 5 aromatic heterocycles. The maximum absolute atomic E-state index is 4.51. The highest BCUT2D eigenvalue weighted by molar-refractivity contribution is 5.99. The molecule has 0 unspecified atom stereocenters. The molecular weight excluding hydrogens is 364 g/mol. The van der Waals surface area contributed by atoms with E-state index in [9.17, 15) is 0 Å². The molecule has 0 radical (unpaired) electrons. The highest BCUT2D eigenvalue weighted by Crippen LogP contribution is 2.34. The summed E-state index contributed by atoms with van der Waals surface area (Å²) in [6.07, 6.45) is 13.1. The average Bonchev–Trinajstić information content (AvgIpc) is 3.52. The molecule has 0 saturated carbocycles. The van der Waals surface area contributed by atoms with Crippen LogP contribution in [-0.2, 0) is 0 Å². The molecule has 144 valence electrons. The minimum atomic E-state index is 0.695. The van der Waals surface area contributed by atoms with Crippen LogP contribution >= 0.6 is 0 Å². The molecule has 8 heteroatoms. The van der Waals surface area contributed by atoms with Gasteiger partial charge in [0.1, 0.15) is 0 Å². The molecule has 0 bridgehead atoms. The Morgan fingerprint density at radius 1 is 0.897 bits per heavy atom. The molecule has 1 aliphatic heterocycles. The number of aromatic amines is 3. The van der Waals surface area contributed by atoms with Crippen molar-refractivity contribution in [3.05, 3.63) is 43.1 Å². The van der Waals surface area contributed by atoms with Gasteiger partial charge < -0.3 is 9.88 Å². The molecule has 0 aromatic carbocycles. The van der Waals surface area contributed by atoms with Crippen LogP contribution in [0.2, 0.25) is 0 Å². The highest BCUT2D eigenvalue weighted by Gasteiger charge is 2.18. The number of nitrogens with zero attached hydrogens (tertiary/aromatic N) is 5. The molecule has 5 aromatic rings. The van der Waals surface area contributed by atoms with Crippen molar-refractivity contribution in [2.75, 3.05) is 18.0 Å². The van der Waals surface area contributed by atoms with Crippen molar-refractivity contribution < 1.29 is 0 Å². The van der Waals surface area contributed by atoms with Crippen LogP contribution in [0.15, 0.2) is 43.1 Å². The second kappa shape index (κ2) is 6.44. The molecule has 1 fully saturated rings. The maximum atomic E-state index is 4.51. The zero-order valence-electron chi connectivity index (χ0n) is 15.8. The van der Waals surface area contributed by atoms with Gasteiger partial charge in [-0.15, -0.1) is 0 Å². The van der Waals surface area contributed by atoms with Crippen molar-refractivity contribution in [1.82, 2.24) is 35.3 Å². The van der Waals surface area contributed by atoms with Crippen molar-refractivity contribution in [3.63, 3.8) is 0 Å². The Bertz CT molecular complexity index is 1290. The van der Waals surface area contributed by atoms with Crippen LogP contribution in [0.5, 0.6) is 0 Å². The molecule has 6 heterocycles. The van der Waals surface area contributed by atoms with E-state index in [1.54, 1.807) is 6.20 Å². The van der Waals surface area contributed by atoms with Gasteiger partial charge in [0.2, 0.25) is 0 Å². The predicted octanol–water partition coefficient (Wildman–Crippen LogP) is 3.88. The monoisotopic (exact) mass is 384 g/mol. The van der Waals surface area contributed by atoms with E-state index in [1.165, 1.54) is 30.3 Å². The fourth-order valence-electron chi connectivity index (χ4n) is 4.23. The van der Waals surface area contributed by atoms with Gasteiger partial charge in [0.15, 0.2) is 5.65 Å². The largest absolute Gasteiger partial charge is 0.370 e. The number of aromatic nitrogens is 7. The molecular formula is C21H20N8. The summed E-state index contributed by atoms with van der Waals surface area (Å²) in [6.45, 7) is 2.18. The van der Waals surface area contributed by atoms with Crippen LogP contribution in [0.4, 0.5) is 5.69 Å². The standard InChI is InChI=1S/C21H20N8/c1-2-4-29(5-3-1)19-12-22-11-18-15(19)7-17(26-18)20-16-6-13(14-9-24-25-10-14)8-23-21(16)28-27-20/h6-12,26H,1-5H2,(H,24,25)(H,23,27,28). The van der Waals surface area contributed by atoms with Crippen molar-refractivity contribution in [2.24, 2.45) is 0 Å². The summed E-state index contributed by atoms with van der Waals surface area (Å²) in [5.41, 5.74) is 6.84. The average molecular weight is 384 g/mol. The lowest BCUT2D eigenvalue weighted by molar-refractivity contribution is 0.578. The Morgan fingerprint density at radius 3 is 2.69 bits per heavy atom. The summed E-state index contributed by atoms with van der Waals surface area (Å²) in [7, 11) is 0. The van der Waals surface area contributed by atoms with E-state index >= 15 is 0 Å². The SMILES string of the molecule is c1n[nH]cc1-c1cnc2n[nH]c(-c3cc4c(N5CCCCC5)cncc4[nH]3)c2c1. The van der Waals surface area contributed by atoms with E-state index in [1.807, 2.05) is 24.8 Å². The summed E-state index contributed by atoms with van der Waals surface area (Å²) in [4.78, 5) is 14.9. The summed E-state index contributed by atoms with van der Waals surface area (Å²) >= 11 is 0. The number of pyridine rings is 2. The summed E-state index contributed by atoms with van der Waals surface area (Å²) in [5.74, 6) is 0. The van der Waals surface area contributed by atoms with Crippen LogP contribution in [0, 0.1) is 0 Å². The van der Waals surface area contributed by atoms with Gasteiger partial charge in [0.05, 0.1) is 41.2 Å². The molecule has 1 saturated heterocycles. The number of anilines is 1. The molecule has 0 aliphatic carbocycles. The first-order valence-electron chi connectivity index (χ1n) is 9.92. The fourth-order valence-corrected chi connectivity index (χ4v) is 4.23. The van der Waals surface area contributed by atoms with E-state index in [0.29, 0.717) is 5.65 Å². The zero-order valence-corrected chi connectivity index (χ0v) is 15.8. The third kappa shape index (κ3) is 2.67. The number of nitrogens with one attached hydrogen (secondary N) is 3. The van der Waals surface area contributed by atoms with Crippen molar-refractivity contribution in [2.45, 2.75) is 19.3 Å². The third-order valence-electron chi connectivity index (χ3n) is 5.73. The number of piperidine rings is 1. The summed E-state index contributed by atoms with van der Waals surface area (Å²) in [5, 5.41) is 16.6. The Hall–Kier alpha value is -3.68. The van der Waals surface area contributed by atoms with Gasteiger partial charge in [-0.1, -0.05) is 0 Å². The molecule has 8 nitrogen and oxygen atoms in total. The second-order valence-corrected chi connectivity index (χ2v) is 7.53. The van der Waals surface area contributed by atoms with E-state index in [-0.39, 0.29) is 0 Å². The first kappa shape index (κ1) is 16.3. The fraction of sp³-hybridized carbons (Fsp3) is 0.238. The number of hydrogen-bond acceptors (Lipinski definition) is 5. The van der Waals surface area contributed by atoms with Crippen LogP contribution in [0.25, 0.3) is 44.5 Å². The second-order valence-electron chi connectivity index (χ2n) is 7.53. The van der Waals surface area contributed by atoms with Gasteiger partial charge in [0, 0.05) is 47.4 Å². The lowest BCUT2D eigenvalue weighted by atomic mass is 10.1. The third-order valence-corrected chi connectivity index (χ3v) is 5.73. The zero-order chi connectivity index (χ0) is 19.2. The topological polar surface area (TPSA) is 102 Å². The van der Waals surface area contributed by atoms with E-state index < -0.39 is 0 Å². The first-order chi connectivity index (χ1) is 14.4. The van der Waals surface area contributed by atoms with Gasteiger partial charge in [-0.25, -0.2) is 4.98 Å². The molecule has 0 spiro atoms. The van der Waals surface area contributed by atoms with Crippen LogP contribution in [-0.4, -0.2) is 48.4 Å². The Balaban J connectivity index is 1.48. The normalized spacial score (nSPS) is 14.8. The van der Waals surface area contributed by atoms with Crippen molar-refractivity contribution in [1.29, 1.82) is 0 Å². The lowest BCUT2D eigenvalue weighted by Gasteiger charge is -2.28. The maximum Gasteiger partial charge on any atom is 0.181 e. The number of rotatable bonds is 3. The molecule has 0 atom stereocenters. The van der Waals surface area contributed by atoms with Gasteiger partial charge >= 0.3 is 0 Å². The van der Waals surface area contributed by atoms with Gasteiger partial charge in [-0.2, -0.15) is 10.2 Å². The van der Waals surface area contributed by atoms with Gasteiger partial charge in [-0.3, -0.25) is 15.2 Å².